The van der Waals surface area contributed by atoms with Crippen molar-refractivity contribution in [2.75, 3.05) is 11.1 Å². The molecule has 0 amide bonds. The highest BCUT2D eigenvalue weighted by Crippen LogP contribution is 2.41. The highest BCUT2D eigenvalue weighted by Gasteiger charge is 2.37. The molecule has 0 saturated carbocycles. The molecule has 5 nitrogen and oxygen atoms in total. The molecule has 0 bridgehead atoms. The Bertz CT molecular complexity index is 1480. The number of hydrogen-bond acceptors (Lipinski definition) is 5. The summed E-state index contributed by atoms with van der Waals surface area (Å²) < 4.78 is 31.2. The molecule has 1 heterocycles. The monoisotopic (exact) mass is 502 g/mol. The fourth-order valence-corrected chi connectivity index (χ4v) is 6.33. The van der Waals surface area contributed by atoms with Gasteiger partial charge in [-0.2, -0.15) is 0 Å². The van der Waals surface area contributed by atoms with Gasteiger partial charge in [0, 0.05) is 17.7 Å². The molecule has 0 aromatic heterocycles. The molecule has 0 saturated heterocycles. The van der Waals surface area contributed by atoms with Gasteiger partial charge in [-0.25, -0.2) is 8.42 Å². The van der Waals surface area contributed by atoms with Gasteiger partial charge < -0.3 is 9.87 Å². The Labute approximate surface area is 209 Å². The summed E-state index contributed by atoms with van der Waals surface area (Å²) in [5.74, 6) is 1.10. The Hall–Kier alpha value is -3.39. The molecule has 7 heteroatoms. The molecule has 178 valence electrons. The smallest absolute Gasteiger partial charge is 0.232 e. The van der Waals surface area contributed by atoms with Gasteiger partial charge in [-0.3, -0.25) is 4.99 Å². The molecule has 5 rings (SSSR count). The molecule has 0 radical (unpaired) electrons. The van der Waals surface area contributed by atoms with Crippen molar-refractivity contribution in [1.82, 2.24) is 0 Å². The van der Waals surface area contributed by atoms with Crippen molar-refractivity contribution in [3.05, 3.63) is 108 Å². The van der Waals surface area contributed by atoms with Crippen LogP contribution in [0.5, 0.6) is 0 Å². The van der Waals surface area contributed by atoms with Gasteiger partial charge in [-0.1, -0.05) is 60.2 Å². The van der Waals surface area contributed by atoms with Crippen molar-refractivity contribution in [3.8, 4) is 0 Å². The van der Waals surface area contributed by atoms with Crippen LogP contribution in [-0.4, -0.2) is 24.9 Å². The van der Waals surface area contributed by atoms with E-state index in [0.29, 0.717) is 0 Å². The minimum absolute atomic E-state index is 0.0793. The summed E-state index contributed by atoms with van der Waals surface area (Å²) >= 11 is 0. The lowest BCUT2D eigenvalue weighted by Gasteiger charge is -2.05. The van der Waals surface area contributed by atoms with Crippen LogP contribution in [-0.2, 0) is 21.0 Å². The van der Waals surface area contributed by atoms with E-state index < -0.39 is 10.1 Å². The second kappa shape index (κ2) is 10.9. The van der Waals surface area contributed by atoms with Crippen LogP contribution in [0.15, 0.2) is 117 Å². The van der Waals surface area contributed by atoms with Crippen LogP contribution in [0.3, 0.4) is 0 Å². The number of fused-ring (bicyclic) bond motifs is 3. The first kappa shape index (κ1) is 24.7. The van der Waals surface area contributed by atoms with E-state index >= 15 is 0 Å². The first-order valence-electron chi connectivity index (χ1n) is 11.2. The van der Waals surface area contributed by atoms with Crippen LogP contribution < -0.4 is 5.32 Å². The zero-order valence-corrected chi connectivity index (χ0v) is 21.1. The number of nitrogens with one attached hydrogen (secondary N) is 1. The molecule has 1 aliphatic heterocycles. The molecule has 4 aromatic rings. The predicted molar refractivity (Wildman–Crippen MR) is 146 cm³/mol. The molecule has 35 heavy (non-hydrogen) atoms. The molecule has 0 fully saturated rings. The standard InChI is InChI=1S/C21H19N2S.C7H8O3S/c1-2-24-20(14-15-22-17-9-4-3-5-10-17)23-19-13-12-16-8-6-7-11-18(16)21(19)24;1-6-2-4-7(5-3-6)11(8,9)10/h3-15,23H,2H2,1H3;2-5H,1H3,(H,8,9,10)/q+1;/p-1. The molecule has 1 N–H and O–H groups in total. The van der Waals surface area contributed by atoms with Gasteiger partial charge in [-0.15, -0.1) is 0 Å². The van der Waals surface area contributed by atoms with Crippen molar-refractivity contribution in [2.24, 2.45) is 4.99 Å². The summed E-state index contributed by atoms with van der Waals surface area (Å²) in [6.45, 7) is 4.07. The maximum absolute atomic E-state index is 10.4. The summed E-state index contributed by atoms with van der Waals surface area (Å²) in [4.78, 5) is 5.79. The number of allylic oxidation sites excluding steroid dienone is 1. The summed E-state index contributed by atoms with van der Waals surface area (Å²) in [5.41, 5.74) is 3.14. The van der Waals surface area contributed by atoms with Gasteiger partial charge in [-0.05, 0) is 55.6 Å². The van der Waals surface area contributed by atoms with Crippen molar-refractivity contribution in [2.45, 2.75) is 23.6 Å². The van der Waals surface area contributed by atoms with E-state index in [2.05, 4.69) is 59.7 Å². The highest BCUT2D eigenvalue weighted by atomic mass is 32.2. The summed E-state index contributed by atoms with van der Waals surface area (Å²) in [6, 6.07) is 28.9. The Balaban J connectivity index is 0.000000221. The third kappa shape index (κ3) is 6.00. The topological polar surface area (TPSA) is 81.6 Å². The van der Waals surface area contributed by atoms with E-state index in [9.17, 15) is 13.0 Å². The maximum Gasteiger partial charge on any atom is 0.232 e. The van der Waals surface area contributed by atoms with E-state index in [0.717, 1.165) is 17.0 Å². The SMILES string of the molecule is CC[S+]1C(=CC=Nc2ccccc2)Nc2ccc3ccccc3c21.Cc1ccc(S(=O)(=O)[O-])cc1. The van der Waals surface area contributed by atoms with E-state index in [-0.39, 0.29) is 15.8 Å². The second-order valence-electron chi connectivity index (χ2n) is 7.88. The van der Waals surface area contributed by atoms with Crippen LogP contribution in [0.25, 0.3) is 10.8 Å². The number of benzene rings is 4. The average molecular weight is 503 g/mol. The van der Waals surface area contributed by atoms with Gasteiger partial charge in [0.15, 0.2) is 4.90 Å². The molecule has 0 spiro atoms. The Morgan fingerprint density at radius 2 is 1.60 bits per heavy atom. The van der Waals surface area contributed by atoms with Gasteiger partial charge >= 0.3 is 0 Å². The quantitative estimate of drug-likeness (QED) is 0.199. The number of aliphatic imine (C=N–C) groups is 1. The van der Waals surface area contributed by atoms with E-state index in [1.54, 1.807) is 12.1 Å². The minimum Gasteiger partial charge on any atom is -0.744 e. The lowest BCUT2D eigenvalue weighted by molar-refractivity contribution is 0.463. The zero-order valence-electron chi connectivity index (χ0n) is 19.5. The third-order valence-corrected chi connectivity index (χ3v) is 8.58. The largest absolute Gasteiger partial charge is 0.744 e. The van der Waals surface area contributed by atoms with Crippen LogP contribution in [0.1, 0.15) is 12.5 Å². The number of anilines is 1. The molecule has 0 aliphatic carbocycles. The summed E-state index contributed by atoms with van der Waals surface area (Å²) in [6.07, 6.45) is 4.02. The minimum atomic E-state index is -4.27. The third-order valence-electron chi connectivity index (χ3n) is 5.45. The Morgan fingerprint density at radius 1 is 0.914 bits per heavy atom. The molecule has 1 atom stereocenters. The number of para-hydroxylation sites is 1. The van der Waals surface area contributed by atoms with Crippen LogP contribution in [0, 0.1) is 6.92 Å². The molecule has 1 aliphatic rings. The van der Waals surface area contributed by atoms with Crippen molar-refractivity contribution in [1.29, 1.82) is 0 Å². The van der Waals surface area contributed by atoms with Crippen molar-refractivity contribution < 1.29 is 13.0 Å². The van der Waals surface area contributed by atoms with Gasteiger partial charge in [0.2, 0.25) is 5.03 Å². The average Bonchev–Trinajstić information content (AvgIpc) is 3.23. The Morgan fingerprint density at radius 3 is 2.29 bits per heavy atom. The van der Waals surface area contributed by atoms with Crippen molar-refractivity contribution in [3.63, 3.8) is 0 Å². The number of aryl methyl sites for hydroxylation is 1. The van der Waals surface area contributed by atoms with Crippen molar-refractivity contribution >= 4 is 49.4 Å². The Kier molecular flexibility index (Phi) is 7.70. The second-order valence-corrected chi connectivity index (χ2v) is 11.5. The molecule has 1 unspecified atom stereocenters. The van der Waals surface area contributed by atoms with Gasteiger partial charge in [0.05, 0.1) is 27.2 Å². The normalized spacial score (nSPS) is 16.1. The summed E-state index contributed by atoms with van der Waals surface area (Å²) in [7, 11) is -4.19. The fraction of sp³-hybridized carbons (Fsp3) is 0.107. The summed E-state index contributed by atoms with van der Waals surface area (Å²) in [5, 5.41) is 7.52. The van der Waals surface area contributed by atoms with E-state index in [1.165, 1.54) is 38.5 Å². The maximum atomic E-state index is 10.4. The highest BCUT2D eigenvalue weighted by molar-refractivity contribution is 8.01. The van der Waals surface area contributed by atoms with E-state index in [4.69, 9.17) is 0 Å². The number of rotatable bonds is 4. The zero-order chi connectivity index (χ0) is 24.8. The van der Waals surface area contributed by atoms with Crippen LogP contribution in [0.4, 0.5) is 11.4 Å². The lowest BCUT2D eigenvalue weighted by Crippen LogP contribution is -2.06. The predicted octanol–water partition coefficient (Wildman–Crippen LogP) is 6.41. The van der Waals surface area contributed by atoms with Crippen LogP contribution in [0.2, 0.25) is 0 Å². The first-order chi connectivity index (χ1) is 16.9. The number of hydrogen-bond donors (Lipinski definition) is 1. The molecular weight excluding hydrogens is 476 g/mol. The molecule has 4 aromatic carbocycles. The first-order valence-corrected chi connectivity index (χ1v) is 14.0. The molecular formula is C28H26N2O3S2. The fourth-order valence-electron chi connectivity index (χ4n) is 3.74. The van der Waals surface area contributed by atoms with E-state index in [1.807, 2.05) is 43.5 Å². The number of nitrogens with zero attached hydrogens (tertiary/aromatic N) is 1. The van der Waals surface area contributed by atoms with Gasteiger partial charge in [0.1, 0.15) is 15.9 Å². The van der Waals surface area contributed by atoms with Gasteiger partial charge in [0.25, 0.3) is 0 Å². The lowest BCUT2D eigenvalue weighted by atomic mass is 10.1. The van der Waals surface area contributed by atoms with Crippen LogP contribution >= 0.6 is 0 Å².